The predicted molar refractivity (Wildman–Crippen MR) is 96.1 cm³/mol. The summed E-state index contributed by atoms with van der Waals surface area (Å²) in [4.78, 5) is 12.2. The minimum Gasteiger partial charge on any atom is -0.490 e. The molecule has 0 aromatic heterocycles. The second kappa shape index (κ2) is 12.0. The summed E-state index contributed by atoms with van der Waals surface area (Å²) in [5, 5.41) is 6.17. The molecule has 0 aliphatic rings. The second-order valence-electron chi connectivity index (χ2n) is 5.11. The molecule has 1 rings (SSSR count). The Bertz CT molecular complexity index is 469. The first-order valence-electron chi connectivity index (χ1n) is 8.03. The zero-order valence-corrected chi connectivity index (χ0v) is 15.3. The van der Waals surface area contributed by atoms with Crippen LogP contribution in [0.5, 0.6) is 11.5 Å². The van der Waals surface area contributed by atoms with E-state index in [1.54, 1.807) is 18.2 Å². The molecule has 132 valence electrons. The lowest BCUT2D eigenvalue weighted by atomic mass is 10.2. The van der Waals surface area contributed by atoms with Gasteiger partial charge in [-0.25, -0.2) is 0 Å². The largest absolute Gasteiger partial charge is 0.490 e. The van der Waals surface area contributed by atoms with Crippen molar-refractivity contribution in [2.24, 2.45) is 0 Å². The Kier molecular flexibility index (Phi) is 11.3. The third kappa shape index (κ3) is 7.57. The van der Waals surface area contributed by atoms with Crippen LogP contribution in [0.1, 0.15) is 44.5 Å². The highest BCUT2D eigenvalue weighted by Crippen LogP contribution is 2.28. The molecule has 23 heavy (non-hydrogen) atoms. The van der Waals surface area contributed by atoms with Crippen molar-refractivity contribution >= 4 is 18.3 Å². The number of carbonyl (C=O) groups is 1. The van der Waals surface area contributed by atoms with Gasteiger partial charge < -0.3 is 20.1 Å². The van der Waals surface area contributed by atoms with Crippen LogP contribution in [0.2, 0.25) is 0 Å². The monoisotopic (exact) mass is 344 g/mol. The molecule has 1 amide bonds. The number of hydrogen-bond acceptors (Lipinski definition) is 4. The normalized spacial score (nSPS) is 11.3. The van der Waals surface area contributed by atoms with E-state index in [-0.39, 0.29) is 24.4 Å². The molecule has 0 radical (unpaired) electrons. The Morgan fingerprint density at radius 2 is 1.91 bits per heavy atom. The summed E-state index contributed by atoms with van der Waals surface area (Å²) >= 11 is 0. The van der Waals surface area contributed by atoms with Crippen LogP contribution in [-0.4, -0.2) is 38.3 Å². The molecule has 2 N–H and O–H groups in total. The van der Waals surface area contributed by atoms with Gasteiger partial charge in [-0.05, 0) is 45.0 Å². The highest BCUT2D eigenvalue weighted by Gasteiger charge is 2.12. The fraction of sp³-hybridized carbons (Fsp3) is 0.588. The fourth-order valence-corrected chi connectivity index (χ4v) is 2.02. The molecular weight excluding hydrogens is 316 g/mol. The number of halogens is 1. The van der Waals surface area contributed by atoms with E-state index in [9.17, 15) is 4.79 Å². The van der Waals surface area contributed by atoms with Gasteiger partial charge >= 0.3 is 0 Å². The quantitative estimate of drug-likeness (QED) is 0.685. The Hall–Kier alpha value is -1.46. The molecule has 1 aromatic carbocycles. The van der Waals surface area contributed by atoms with Gasteiger partial charge in [0.15, 0.2) is 11.5 Å². The zero-order valence-electron chi connectivity index (χ0n) is 14.5. The van der Waals surface area contributed by atoms with Crippen molar-refractivity contribution < 1.29 is 14.3 Å². The second-order valence-corrected chi connectivity index (χ2v) is 5.11. The molecule has 0 heterocycles. The molecule has 0 bridgehead atoms. The first kappa shape index (κ1) is 21.5. The van der Waals surface area contributed by atoms with E-state index in [0.717, 1.165) is 13.0 Å². The maximum atomic E-state index is 12.2. The molecule has 1 aromatic rings. The zero-order chi connectivity index (χ0) is 16.4. The molecule has 0 aliphatic heterocycles. The van der Waals surface area contributed by atoms with Gasteiger partial charge in [0.1, 0.15) is 0 Å². The number of ether oxygens (including phenoxy) is 2. The summed E-state index contributed by atoms with van der Waals surface area (Å²) in [5.41, 5.74) is 0.580. The van der Waals surface area contributed by atoms with Gasteiger partial charge in [-0.3, -0.25) is 4.79 Å². The Morgan fingerprint density at radius 1 is 1.17 bits per heavy atom. The number of nitrogens with one attached hydrogen (secondary N) is 2. The van der Waals surface area contributed by atoms with Crippen LogP contribution in [0, 0.1) is 0 Å². The van der Waals surface area contributed by atoms with Crippen molar-refractivity contribution in [2.45, 2.75) is 40.2 Å². The molecule has 6 heteroatoms. The lowest BCUT2D eigenvalue weighted by Gasteiger charge is -2.15. The molecule has 0 unspecified atom stereocenters. The van der Waals surface area contributed by atoms with Crippen LogP contribution in [0.4, 0.5) is 0 Å². The van der Waals surface area contributed by atoms with E-state index >= 15 is 0 Å². The van der Waals surface area contributed by atoms with Crippen molar-refractivity contribution in [3.63, 3.8) is 0 Å². The van der Waals surface area contributed by atoms with Crippen LogP contribution in [0.3, 0.4) is 0 Å². The van der Waals surface area contributed by atoms with Gasteiger partial charge in [-0.1, -0.05) is 13.8 Å². The Balaban J connectivity index is 0.00000484. The lowest BCUT2D eigenvalue weighted by Crippen LogP contribution is -2.38. The van der Waals surface area contributed by atoms with Gasteiger partial charge in [0, 0.05) is 18.2 Å². The van der Waals surface area contributed by atoms with Crippen LogP contribution in [0.25, 0.3) is 0 Å². The number of likely N-dealkylation sites (N-methyl/N-ethyl adjacent to an activating group) is 1. The smallest absolute Gasteiger partial charge is 0.251 e. The van der Waals surface area contributed by atoms with Gasteiger partial charge in [0.05, 0.1) is 13.2 Å². The van der Waals surface area contributed by atoms with E-state index < -0.39 is 0 Å². The first-order chi connectivity index (χ1) is 10.6. The van der Waals surface area contributed by atoms with Gasteiger partial charge in [0.2, 0.25) is 0 Å². The summed E-state index contributed by atoms with van der Waals surface area (Å²) in [7, 11) is 0. The van der Waals surface area contributed by atoms with E-state index in [4.69, 9.17) is 9.47 Å². The molecule has 0 saturated heterocycles. The SMILES string of the molecule is CCCOc1ccc(C(=O)NC[C@@H](C)NCC)cc1OCC.Cl. The van der Waals surface area contributed by atoms with Gasteiger partial charge in [-0.15, -0.1) is 12.4 Å². The molecule has 1 atom stereocenters. The van der Waals surface area contributed by atoms with Gasteiger partial charge in [0.25, 0.3) is 5.91 Å². The van der Waals surface area contributed by atoms with E-state index in [2.05, 4.69) is 10.6 Å². The minimum absolute atomic E-state index is 0. The van der Waals surface area contributed by atoms with Crippen LogP contribution in [0.15, 0.2) is 18.2 Å². The number of rotatable bonds is 10. The maximum absolute atomic E-state index is 12.2. The third-order valence-electron chi connectivity index (χ3n) is 3.09. The summed E-state index contributed by atoms with van der Waals surface area (Å²) in [6.45, 7) is 10.7. The number of benzene rings is 1. The molecule has 0 saturated carbocycles. The molecule has 5 nitrogen and oxygen atoms in total. The van der Waals surface area contributed by atoms with Crippen molar-refractivity contribution in [1.29, 1.82) is 0 Å². The average Bonchev–Trinajstić information content (AvgIpc) is 2.52. The van der Waals surface area contributed by atoms with E-state index in [1.165, 1.54) is 0 Å². The molecular formula is C17H29ClN2O3. The van der Waals surface area contributed by atoms with E-state index in [1.807, 2.05) is 27.7 Å². The standard InChI is InChI=1S/C17H28N2O3.ClH/c1-5-10-22-15-9-8-14(11-16(15)21-7-3)17(20)19-12-13(4)18-6-2;/h8-9,11,13,18H,5-7,10,12H2,1-4H3,(H,19,20);1H/t13-;/m1./s1. The summed E-state index contributed by atoms with van der Waals surface area (Å²) in [6.07, 6.45) is 0.927. The maximum Gasteiger partial charge on any atom is 0.251 e. The third-order valence-corrected chi connectivity index (χ3v) is 3.09. The summed E-state index contributed by atoms with van der Waals surface area (Å²) in [6, 6.07) is 5.54. The average molecular weight is 345 g/mol. The van der Waals surface area contributed by atoms with Gasteiger partial charge in [-0.2, -0.15) is 0 Å². The van der Waals surface area contributed by atoms with Crippen LogP contribution >= 0.6 is 12.4 Å². The Morgan fingerprint density at radius 3 is 2.52 bits per heavy atom. The molecule has 0 spiro atoms. The predicted octanol–water partition coefficient (Wildman–Crippen LogP) is 3.02. The lowest BCUT2D eigenvalue weighted by molar-refractivity contribution is 0.0949. The molecule has 0 aliphatic carbocycles. The topological polar surface area (TPSA) is 59.6 Å². The highest BCUT2D eigenvalue weighted by atomic mass is 35.5. The highest BCUT2D eigenvalue weighted by molar-refractivity contribution is 5.94. The van der Waals surface area contributed by atoms with Crippen molar-refractivity contribution in [3.8, 4) is 11.5 Å². The fourth-order valence-electron chi connectivity index (χ4n) is 2.02. The van der Waals surface area contributed by atoms with Crippen molar-refractivity contribution in [3.05, 3.63) is 23.8 Å². The van der Waals surface area contributed by atoms with Crippen molar-refractivity contribution in [2.75, 3.05) is 26.3 Å². The Labute approximate surface area is 145 Å². The number of hydrogen-bond donors (Lipinski definition) is 2. The summed E-state index contributed by atoms with van der Waals surface area (Å²) in [5.74, 6) is 1.19. The van der Waals surface area contributed by atoms with Crippen LogP contribution < -0.4 is 20.1 Å². The number of carbonyl (C=O) groups excluding carboxylic acids is 1. The first-order valence-corrected chi connectivity index (χ1v) is 8.03. The minimum atomic E-state index is -0.104. The van der Waals surface area contributed by atoms with E-state index in [0.29, 0.717) is 36.8 Å². The summed E-state index contributed by atoms with van der Waals surface area (Å²) < 4.78 is 11.2. The van der Waals surface area contributed by atoms with Crippen molar-refractivity contribution in [1.82, 2.24) is 10.6 Å². The molecule has 0 fully saturated rings. The number of amides is 1. The van der Waals surface area contributed by atoms with Crippen LogP contribution in [-0.2, 0) is 0 Å².